The quantitative estimate of drug-likeness (QED) is 0.581. The summed E-state index contributed by atoms with van der Waals surface area (Å²) in [6.45, 7) is 10.2. The summed E-state index contributed by atoms with van der Waals surface area (Å²) in [7, 11) is 0. The highest BCUT2D eigenvalue weighted by Gasteiger charge is 2.69. The lowest BCUT2D eigenvalue weighted by Gasteiger charge is -2.61. The molecular weight excluding hydrogens is 436 g/mol. The minimum absolute atomic E-state index is 0.0892. The summed E-state index contributed by atoms with van der Waals surface area (Å²) in [5.74, 6) is 0.451. The molecule has 5 unspecified atom stereocenters. The summed E-state index contributed by atoms with van der Waals surface area (Å²) in [6.07, 6.45) is 8.46. The van der Waals surface area contributed by atoms with Crippen molar-refractivity contribution in [1.82, 2.24) is 4.98 Å². The number of hydrogen-bond donors (Lipinski definition) is 2. The summed E-state index contributed by atoms with van der Waals surface area (Å²) >= 11 is 0. The molecule has 186 valence electrons. The Hall–Kier alpha value is -1.95. The molecule has 5 aliphatic rings. The molecular formula is C30H38N2O3. The van der Waals surface area contributed by atoms with Gasteiger partial charge in [0.05, 0.1) is 11.3 Å². The maximum Gasteiger partial charge on any atom is 0.193 e. The van der Waals surface area contributed by atoms with Crippen LogP contribution >= 0.6 is 0 Å². The van der Waals surface area contributed by atoms with E-state index in [0.717, 1.165) is 18.6 Å². The summed E-state index contributed by atoms with van der Waals surface area (Å²) in [6, 6.07) is 8.84. The number of aromatic amines is 1. The molecule has 6 atom stereocenters. The number of rotatable bonds is 3. The van der Waals surface area contributed by atoms with E-state index in [4.69, 9.17) is 14.5 Å². The molecule has 2 N–H and O–H groups in total. The fourth-order valence-electron chi connectivity index (χ4n) is 8.81. The molecule has 35 heavy (non-hydrogen) atoms. The first-order valence-corrected chi connectivity index (χ1v) is 13.6. The molecule has 0 amide bonds. The first-order valence-electron chi connectivity index (χ1n) is 13.6. The minimum Gasteiger partial charge on any atom is -0.396 e. The first kappa shape index (κ1) is 22.3. The van der Waals surface area contributed by atoms with Gasteiger partial charge in [-0.15, -0.1) is 0 Å². The number of aliphatic hydroxyl groups is 1. The lowest BCUT2D eigenvalue weighted by molar-refractivity contribution is -0.201. The minimum atomic E-state index is -0.612. The van der Waals surface area contributed by atoms with Crippen molar-refractivity contribution in [2.75, 3.05) is 13.2 Å². The van der Waals surface area contributed by atoms with E-state index in [0.29, 0.717) is 24.8 Å². The summed E-state index contributed by atoms with van der Waals surface area (Å²) < 4.78 is 13.6. The highest BCUT2D eigenvalue weighted by atomic mass is 16.8. The Morgan fingerprint density at radius 1 is 1.11 bits per heavy atom. The van der Waals surface area contributed by atoms with Crippen molar-refractivity contribution in [3.8, 4) is 0 Å². The van der Waals surface area contributed by atoms with Gasteiger partial charge in [0.1, 0.15) is 6.10 Å². The van der Waals surface area contributed by atoms with Crippen LogP contribution in [0.4, 0.5) is 0 Å². The second-order valence-electron chi connectivity index (χ2n) is 12.6. The van der Waals surface area contributed by atoms with E-state index in [2.05, 4.69) is 63.0 Å². The smallest absolute Gasteiger partial charge is 0.193 e. The number of aromatic nitrogens is 1. The van der Waals surface area contributed by atoms with Crippen molar-refractivity contribution < 1.29 is 14.6 Å². The molecule has 1 spiro atoms. The zero-order valence-corrected chi connectivity index (χ0v) is 21.5. The van der Waals surface area contributed by atoms with Crippen LogP contribution in [0.1, 0.15) is 71.1 Å². The zero-order valence-electron chi connectivity index (χ0n) is 21.5. The number of nitrogens with zero attached hydrogens (tertiary/aromatic N) is 1. The largest absolute Gasteiger partial charge is 0.396 e. The fraction of sp³-hybridized carbons (Fsp3) is 0.633. The summed E-state index contributed by atoms with van der Waals surface area (Å²) in [4.78, 5) is 8.82. The van der Waals surface area contributed by atoms with E-state index >= 15 is 0 Å². The number of aliphatic hydroxyl groups excluding tert-OH is 1. The SMILES string of the molecule is CC1(C)OC23CCC4(C)C(CCC5Cc6c([nH]c7ccccc67)[C@@]54C)C2=CC(=NCCCO)C1O3. The Kier molecular flexibility index (Phi) is 4.51. The predicted octanol–water partition coefficient (Wildman–Crippen LogP) is 5.46. The van der Waals surface area contributed by atoms with Crippen molar-refractivity contribution in [2.45, 2.75) is 89.1 Å². The normalized spacial score (nSPS) is 41.9. The maximum atomic E-state index is 9.31. The van der Waals surface area contributed by atoms with Gasteiger partial charge < -0.3 is 19.6 Å². The Labute approximate surface area is 208 Å². The van der Waals surface area contributed by atoms with Crippen molar-refractivity contribution in [1.29, 1.82) is 0 Å². The number of ether oxygens (including phenoxy) is 2. The topological polar surface area (TPSA) is 66.8 Å². The Balaban J connectivity index is 1.36. The molecule has 1 aromatic heterocycles. The highest BCUT2D eigenvalue weighted by molar-refractivity contribution is 6.01. The van der Waals surface area contributed by atoms with E-state index in [9.17, 15) is 5.11 Å². The Bertz CT molecular complexity index is 1270. The molecule has 1 aromatic carbocycles. The maximum absolute atomic E-state index is 9.31. The second-order valence-corrected chi connectivity index (χ2v) is 12.6. The van der Waals surface area contributed by atoms with Gasteiger partial charge >= 0.3 is 0 Å². The van der Waals surface area contributed by atoms with Crippen LogP contribution < -0.4 is 0 Å². The lowest BCUT2D eigenvalue weighted by atomic mass is 9.44. The molecule has 2 saturated carbocycles. The van der Waals surface area contributed by atoms with Crippen molar-refractivity contribution in [3.05, 3.63) is 47.2 Å². The molecule has 2 aliphatic heterocycles. The lowest BCUT2D eigenvalue weighted by Crippen LogP contribution is -2.60. The first-order chi connectivity index (χ1) is 16.7. The molecule has 3 fully saturated rings. The molecule has 3 heterocycles. The number of benzene rings is 1. The monoisotopic (exact) mass is 474 g/mol. The van der Waals surface area contributed by atoms with Crippen LogP contribution in [0.15, 0.2) is 40.9 Å². The highest BCUT2D eigenvalue weighted by Crippen LogP contribution is 2.70. The van der Waals surface area contributed by atoms with Gasteiger partial charge in [0.2, 0.25) is 0 Å². The molecule has 5 heteroatoms. The van der Waals surface area contributed by atoms with Crippen LogP contribution in [0.25, 0.3) is 10.9 Å². The van der Waals surface area contributed by atoms with E-state index in [-0.39, 0.29) is 23.5 Å². The van der Waals surface area contributed by atoms with Crippen LogP contribution in [0.5, 0.6) is 0 Å². The van der Waals surface area contributed by atoms with Gasteiger partial charge in [-0.2, -0.15) is 0 Å². The molecule has 2 bridgehead atoms. The van der Waals surface area contributed by atoms with E-state index < -0.39 is 11.4 Å². The number of H-pyrrole nitrogens is 1. The van der Waals surface area contributed by atoms with Crippen LogP contribution in [-0.2, 0) is 21.3 Å². The number of fused-ring (bicyclic) bond motifs is 9. The second kappa shape index (κ2) is 7.08. The van der Waals surface area contributed by atoms with Crippen LogP contribution in [0.3, 0.4) is 0 Å². The van der Waals surface area contributed by atoms with Gasteiger partial charge in [-0.1, -0.05) is 32.0 Å². The van der Waals surface area contributed by atoms with Crippen molar-refractivity contribution in [2.24, 2.45) is 22.2 Å². The number of aliphatic imine (C=N–C) groups is 1. The van der Waals surface area contributed by atoms with E-state index in [1.807, 2.05) is 0 Å². The zero-order chi connectivity index (χ0) is 24.2. The van der Waals surface area contributed by atoms with E-state index in [1.54, 1.807) is 5.56 Å². The van der Waals surface area contributed by atoms with Crippen LogP contribution in [0.2, 0.25) is 0 Å². The standard InChI is InChI=1S/C30H38N2O3/c1-27(2)26-24(31-14-7-15-33)17-22-21-11-10-18-16-20-19-8-5-6-9-23(19)32-25(20)29(18,4)28(21,3)12-13-30(22,34-26)35-27/h5-6,8-9,17-18,21,26,32-33H,7,10-16H2,1-4H3/t18?,21?,26?,28?,29-,30?/m1/s1. The molecule has 2 aromatic rings. The third kappa shape index (κ3) is 2.67. The molecule has 1 saturated heterocycles. The van der Waals surface area contributed by atoms with Crippen LogP contribution in [0, 0.1) is 17.3 Å². The number of para-hydroxylation sites is 1. The molecule has 7 rings (SSSR count). The summed E-state index contributed by atoms with van der Waals surface area (Å²) in [5.41, 5.74) is 6.41. The molecule has 3 aliphatic carbocycles. The Morgan fingerprint density at radius 2 is 1.94 bits per heavy atom. The Morgan fingerprint density at radius 3 is 2.77 bits per heavy atom. The third-order valence-electron chi connectivity index (χ3n) is 10.7. The van der Waals surface area contributed by atoms with Gasteiger partial charge in [0.15, 0.2) is 5.79 Å². The average molecular weight is 475 g/mol. The van der Waals surface area contributed by atoms with Gasteiger partial charge in [-0.3, -0.25) is 4.99 Å². The predicted molar refractivity (Wildman–Crippen MR) is 138 cm³/mol. The van der Waals surface area contributed by atoms with Gasteiger partial charge in [0.25, 0.3) is 0 Å². The van der Waals surface area contributed by atoms with Crippen LogP contribution in [-0.4, -0.2) is 46.4 Å². The van der Waals surface area contributed by atoms with Crippen molar-refractivity contribution in [3.63, 3.8) is 0 Å². The van der Waals surface area contributed by atoms with Gasteiger partial charge in [0, 0.05) is 41.6 Å². The number of hydrogen-bond acceptors (Lipinski definition) is 4. The molecule has 0 radical (unpaired) electrons. The number of nitrogens with one attached hydrogen (secondary N) is 1. The van der Waals surface area contributed by atoms with Crippen molar-refractivity contribution >= 4 is 16.6 Å². The fourth-order valence-corrected chi connectivity index (χ4v) is 8.81. The van der Waals surface area contributed by atoms with Gasteiger partial charge in [-0.25, -0.2) is 0 Å². The average Bonchev–Trinajstić information content (AvgIpc) is 3.41. The third-order valence-corrected chi connectivity index (χ3v) is 10.7. The van der Waals surface area contributed by atoms with Gasteiger partial charge in [-0.05, 0) is 86.5 Å². The molecule has 5 nitrogen and oxygen atoms in total. The van der Waals surface area contributed by atoms with E-state index in [1.165, 1.54) is 41.4 Å². The summed E-state index contributed by atoms with van der Waals surface area (Å²) in [5, 5.41) is 10.7.